The van der Waals surface area contributed by atoms with Crippen molar-refractivity contribution in [3.05, 3.63) is 118 Å². The number of benzene rings is 2. The lowest BCUT2D eigenvalue weighted by molar-refractivity contribution is -0.384. The first-order chi connectivity index (χ1) is 18.7. The van der Waals surface area contributed by atoms with Gasteiger partial charge in [0.25, 0.3) is 11.2 Å². The van der Waals surface area contributed by atoms with Crippen LogP contribution in [0.25, 0.3) is 17.4 Å². The number of nitrogens with zero attached hydrogens (tertiary/aromatic N) is 3. The predicted molar refractivity (Wildman–Crippen MR) is 143 cm³/mol. The van der Waals surface area contributed by atoms with Crippen LogP contribution < -0.4 is 14.9 Å². The Labute approximate surface area is 228 Å². The number of halogens is 2. The molecule has 0 spiro atoms. The Kier molecular flexibility index (Phi) is 7.02. The summed E-state index contributed by atoms with van der Waals surface area (Å²) in [6.07, 6.45) is 1.54. The molecule has 1 atom stereocenters. The van der Waals surface area contributed by atoms with E-state index >= 15 is 0 Å². The molecule has 2 aromatic heterocycles. The van der Waals surface area contributed by atoms with E-state index in [0.717, 1.165) is 11.3 Å². The lowest BCUT2D eigenvalue weighted by Gasteiger charge is -2.24. The number of allylic oxidation sites excluding steroid dienone is 1. The minimum Gasteiger partial charge on any atom is -0.463 e. The number of carbonyl (C=O) groups excluding carboxylic acids is 1. The number of nitro benzene ring substituents is 1. The normalized spacial score (nSPS) is 15.2. The van der Waals surface area contributed by atoms with Crippen molar-refractivity contribution >= 4 is 40.7 Å². The number of furan rings is 1. The molecule has 2 aromatic carbocycles. The Morgan fingerprint density at radius 3 is 2.67 bits per heavy atom. The molecule has 3 heterocycles. The van der Waals surface area contributed by atoms with E-state index in [-0.39, 0.29) is 27.4 Å². The first-order valence-corrected chi connectivity index (χ1v) is 12.9. The zero-order valence-corrected chi connectivity index (χ0v) is 22.1. The number of carbonyl (C=O) groups is 1. The third-order valence-electron chi connectivity index (χ3n) is 6.03. The van der Waals surface area contributed by atoms with Crippen LogP contribution in [0.1, 0.15) is 31.2 Å². The molecule has 12 heteroatoms. The fourth-order valence-electron chi connectivity index (χ4n) is 4.27. The minimum absolute atomic E-state index is 0.135. The number of nitro groups is 1. The summed E-state index contributed by atoms with van der Waals surface area (Å²) < 4.78 is 26.5. The molecule has 0 N–H and O–H groups in total. The monoisotopic (exact) mass is 567 g/mol. The number of hydrogen-bond donors (Lipinski definition) is 0. The van der Waals surface area contributed by atoms with Crippen LogP contribution in [-0.4, -0.2) is 22.1 Å². The number of hydrogen-bond acceptors (Lipinski definition) is 8. The predicted octanol–water partition coefficient (Wildman–Crippen LogP) is 4.76. The van der Waals surface area contributed by atoms with Gasteiger partial charge in [0, 0.05) is 23.8 Å². The van der Waals surface area contributed by atoms with Crippen LogP contribution in [0, 0.1) is 15.9 Å². The second-order valence-electron chi connectivity index (χ2n) is 8.48. The molecule has 0 amide bonds. The summed E-state index contributed by atoms with van der Waals surface area (Å²) in [6, 6.07) is 12.0. The Bertz CT molecular complexity index is 1840. The topological polar surface area (TPSA) is 117 Å². The number of rotatable bonds is 6. The molecule has 0 saturated carbocycles. The van der Waals surface area contributed by atoms with Crippen molar-refractivity contribution in [3.8, 4) is 11.3 Å². The van der Waals surface area contributed by atoms with Gasteiger partial charge < -0.3 is 9.15 Å². The molecular formula is C27H19ClFN3O6S. The maximum atomic E-state index is 13.7. The van der Waals surface area contributed by atoms with E-state index in [4.69, 9.17) is 20.8 Å². The van der Waals surface area contributed by atoms with Crippen molar-refractivity contribution < 1.29 is 23.3 Å². The standard InChI is InChI=1S/C27H19ClFN3O6S/c1-3-37-26(34)23-14(2)30-27-31(24(23)15-4-6-16(29)7-5-15)25(33)22(39-27)13-18-9-11-21(38-18)19-10-8-17(32(35)36)12-20(19)28/h4-13,24H,3H2,1-2H3/b22-13-/t24-/m0/s1. The summed E-state index contributed by atoms with van der Waals surface area (Å²) in [5.74, 6) is -0.368. The molecule has 1 aliphatic heterocycles. The lowest BCUT2D eigenvalue weighted by atomic mass is 9.96. The van der Waals surface area contributed by atoms with Gasteiger partial charge in [-0.25, -0.2) is 14.2 Å². The molecule has 0 saturated heterocycles. The summed E-state index contributed by atoms with van der Waals surface area (Å²) in [4.78, 5) is 41.9. The Balaban J connectivity index is 1.60. The van der Waals surface area contributed by atoms with E-state index in [2.05, 4.69) is 4.99 Å². The molecule has 9 nitrogen and oxygen atoms in total. The van der Waals surface area contributed by atoms with Crippen molar-refractivity contribution in [1.29, 1.82) is 0 Å². The van der Waals surface area contributed by atoms with Crippen LogP contribution in [0.5, 0.6) is 0 Å². The third kappa shape index (κ3) is 4.93. The van der Waals surface area contributed by atoms with E-state index in [1.165, 1.54) is 53.1 Å². The number of esters is 1. The number of thiazole rings is 1. The molecule has 198 valence electrons. The largest absolute Gasteiger partial charge is 0.463 e. The van der Waals surface area contributed by atoms with Gasteiger partial charge >= 0.3 is 5.97 Å². The quantitative estimate of drug-likeness (QED) is 0.188. The van der Waals surface area contributed by atoms with Crippen LogP contribution in [0.3, 0.4) is 0 Å². The Morgan fingerprint density at radius 1 is 1.26 bits per heavy atom. The first kappa shape index (κ1) is 26.3. The van der Waals surface area contributed by atoms with Crippen LogP contribution >= 0.6 is 22.9 Å². The van der Waals surface area contributed by atoms with Crippen LogP contribution in [-0.2, 0) is 9.53 Å². The molecule has 0 radical (unpaired) electrons. The minimum atomic E-state index is -0.867. The highest BCUT2D eigenvalue weighted by Gasteiger charge is 2.33. The van der Waals surface area contributed by atoms with Gasteiger partial charge in [-0.2, -0.15) is 0 Å². The molecule has 0 fully saturated rings. The van der Waals surface area contributed by atoms with Gasteiger partial charge in [-0.15, -0.1) is 0 Å². The van der Waals surface area contributed by atoms with E-state index in [9.17, 15) is 24.1 Å². The van der Waals surface area contributed by atoms with Crippen molar-refractivity contribution in [2.45, 2.75) is 19.9 Å². The molecular weight excluding hydrogens is 549 g/mol. The zero-order chi connectivity index (χ0) is 27.8. The van der Waals surface area contributed by atoms with Crippen molar-refractivity contribution in [2.75, 3.05) is 6.61 Å². The van der Waals surface area contributed by atoms with Crippen LogP contribution in [0.4, 0.5) is 10.1 Å². The molecule has 0 aliphatic carbocycles. The zero-order valence-electron chi connectivity index (χ0n) is 20.5. The SMILES string of the molecule is CCOC(=O)C1=C(C)N=c2s/c(=C\c3ccc(-c4ccc([N+](=O)[O-])cc4Cl)o3)c(=O)n2[C@H]1c1ccc(F)cc1. The summed E-state index contributed by atoms with van der Waals surface area (Å²) in [7, 11) is 0. The highest BCUT2D eigenvalue weighted by molar-refractivity contribution is 7.07. The smallest absolute Gasteiger partial charge is 0.338 e. The van der Waals surface area contributed by atoms with E-state index in [1.807, 2.05) is 0 Å². The van der Waals surface area contributed by atoms with Gasteiger partial charge in [-0.05, 0) is 49.7 Å². The highest BCUT2D eigenvalue weighted by Crippen LogP contribution is 2.33. The van der Waals surface area contributed by atoms with Crippen molar-refractivity contribution in [1.82, 2.24) is 4.57 Å². The lowest BCUT2D eigenvalue weighted by Crippen LogP contribution is -2.39. The van der Waals surface area contributed by atoms with Gasteiger partial charge in [0.05, 0.1) is 38.4 Å². The number of non-ortho nitro benzene ring substituents is 1. The maximum absolute atomic E-state index is 13.7. The van der Waals surface area contributed by atoms with Gasteiger partial charge in [0.15, 0.2) is 4.80 Å². The van der Waals surface area contributed by atoms with E-state index in [1.54, 1.807) is 26.0 Å². The molecule has 4 aromatic rings. The number of aromatic nitrogens is 1. The van der Waals surface area contributed by atoms with E-state index in [0.29, 0.717) is 33.1 Å². The summed E-state index contributed by atoms with van der Waals surface area (Å²) >= 11 is 7.34. The fraction of sp³-hybridized carbons (Fsp3) is 0.148. The Hall–Kier alpha value is -4.35. The number of fused-ring (bicyclic) bond motifs is 1. The molecule has 5 rings (SSSR count). The van der Waals surface area contributed by atoms with Gasteiger partial charge in [-0.1, -0.05) is 35.1 Å². The molecule has 0 unspecified atom stereocenters. The second kappa shape index (κ2) is 10.4. The first-order valence-electron chi connectivity index (χ1n) is 11.7. The maximum Gasteiger partial charge on any atom is 0.338 e. The van der Waals surface area contributed by atoms with Gasteiger partial charge in [0.2, 0.25) is 0 Å². The average molecular weight is 568 g/mol. The van der Waals surface area contributed by atoms with Gasteiger partial charge in [-0.3, -0.25) is 19.5 Å². The summed E-state index contributed by atoms with van der Waals surface area (Å²) in [6.45, 7) is 3.47. The van der Waals surface area contributed by atoms with Crippen molar-refractivity contribution in [2.24, 2.45) is 4.99 Å². The molecule has 1 aliphatic rings. The fourth-order valence-corrected chi connectivity index (χ4v) is 5.57. The highest BCUT2D eigenvalue weighted by atomic mass is 35.5. The second-order valence-corrected chi connectivity index (χ2v) is 9.89. The summed E-state index contributed by atoms with van der Waals surface area (Å²) in [5, 5.41) is 11.1. The van der Waals surface area contributed by atoms with Crippen LogP contribution in [0.2, 0.25) is 5.02 Å². The molecule has 39 heavy (non-hydrogen) atoms. The van der Waals surface area contributed by atoms with E-state index < -0.39 is 28.3 Å². The number of ether oxygens (including phenoxy) is 1. The average Bonchev–Trinajstić information content (AvgIpc) is 3.48. The van der Waals surface area contributed by atoms with Crippen LogP contribution in [0.15, 0.2) is 80.1 Å². The third-order valence-corrected chi connectivity index (χ3v) is 7.33. The van der Waals surface area contributed by atoms with Crippen molar-refractivity contribution in [3.63, 3.8) is 0 Å². The molecule has 0 bridgehead atoms. The summed E-state index contributed by atoms with van der Waals surface area (Å²) in [5.41, 5.74) is 0.988. The van der Waals surface area contributed by atoms with Gasteiger partial charge in [0.1, 0.15) is 17.3 Å². The Morgan fingerprint density at radius 2 is 2.00 bits per heavy atom.